The van der Waals surface area contributed by atoms with E-state index in [2.05, 4.69) is 15.7 Å². The highest BCUT2D eigenvalue weighted by molar-refractivity contribution is 6.05. The Morgan fingerprint density at radius 2 is 1.68 bits per heavy atom. The number of rotatable bonds is 5. The van der Waals surface area contributed by atoms with Crippen molar-refractivity contribution in [3.05, 3.63) is 71.8 Å². The van der Waals surface area contributed by atoms with Crippen molar-refractivity contribution in [2.24, 2.45) is 0 Å². The van der Waals surface area contributed by atoms with Crippen molar-refractivity contribution >= 4 is 23.2 Å². The number of anilines is 2. The zero-order valence-electron chi connectivity index (χ0n) is 15.9. The SMILES string of the molecule is CC(=O)Nc1cccc(NC(=O)c2cnn(-c3ccc(F)cc3)c2C(C)C)c1. The fourth-order valence-electron chi connectivity index (χ4n) is 2.95. The lowest BCUT2D eigenvalue weighted by Crippen LogP contribution is -2.15. The van der Waals surface area contributed by atoms with Crippen LogP contribution in [0.5, 0.6) is 0 Å². The minimum absolute atomic E-state index is 0.0130. The van der Waals surface area contributed by atoms with Gasteiger partial charge >= 0.3 is 0 Å². The lowest BCUT2D eigenvalue weighted by molar-refractivity contribution is -0.114. The molecule has 0 fully saturated rings. The minimum atomic E-state index is -0.334. The standard InChI is InChI=1S/C21H21FN4O2/c1-13(2)20-19(12-23-26(20)18-9-7-15(22)8-10-18)21(28)25-17-6-4-5-16(11-17)24-14(3)27/h4-13H,1-3H3,(H,24,27)(H,25,28). The molecule has 1 aromatic heterocycles. The molecule has 0 saturated carbocycles. The summed E-state index contributed by atoms with van der Waals surface area (Å²) in [4.78, 5) is 24.1. The molecule has 28 heavy (non-hydrogen) atoms. The van der Waals surface area contributed by atoms with Gasteiger partial charge in [-0.05, 0) is 48.4 Å². The van der Waals surface area contributed by atoms with Crippen molar-refractivity contribution in [3.8, 4) is 5.69 Å². The monoisotopic (exact) mass is 380 g/mol. The van der Waals surface area contributed by atoms with Gasteiger partial charge in [-0.1, -0.05) is 19.9 Å². The highest BCUT2D eigenvalue weighted by Gasteiger charge is 2.21. The van der Waals surface area contributed by atoms with Crippen molar-refractivity contribution in [1.82, 2.24) is 9.78 Å². The molecule has 0 saturated heterocycles. The number of nitrogens with zero attached hydrogens (tertiary/aromatic N) is 2. The van der Waals surface area contributed by atoms with E-state index in [1.165, 1.54) is 25.3 Å². The normalized spacial score (nSPS) is 10.8. The maximum atomic E-state index is 13.2. The lowest BCUT2D eigenvalue weighted by Gasteiger charge is -2.13. The maximum absolute atomic E-state index is 13.2. The van der Waals surface area contributed by atoms with Gasteiger partial charge < -0.3 is 10.6 Å². The molecule has 3 rings (SSSR count). The summed E-state index contributed by atoms with van der Waals surface area (Å²) in [5, 5.41) is 9.85. The predicted molar refractivity (Wildman–Crippen MR) is 106 cm³/mol. The average molecular weight is 380 g/mol. The minimum Gasteiger partial charge on any atom is -0.326 e. The lowest BCUT2D eigenvalue weighted by atomic mass is 10.0. The quantitative estimate of drug-likeness (QED) is 0.691. The van der Waals surface area contributed by atoms with Crippen LogP contribution in [-0.4, -0.2) is 21.6 Å². The highest BCUT2D eigenvalue weighted by Crippen LogP contribution is 2.24. The highest BCUT2D eigenvalue weighted by atomic mass is 19.1. The van der Waals surface area contributed by atoms with Crippen LogP contribution in [0.4, 0.5) is 15.8 Å². The van der Waals surface area contributed by atoms with Crippen LogP contribution >= 0.6 is 0 Å². The number of amides is 2. The molecule has 0 radical (unpaired) electrons. The molecule has 0 unspecified atom stereocenters. The maximum Gasteiger partial charge on any atom is 0.259 e. The summed E-state index contributed by atoms with van der Waals surface area (Å²) in [6, 6.07) is 12.8. The Kier molecular flexibility index (Phi) is 5.54. The zero-order valence-corrected chi connectivity index (χ0v) is 15.9. The van der Waals surface area contributed by atoms with Gasteiger partial charge in [0.05, 0.1) is 23.1 Å². The van der Waals surface area contributed by atoms with Crippen LogP contribution in [-0.2, 0) is 4.79 Å². The van der Waals surface area contributed by atoms with Gasteiger partial charge in [-0.2, -0.15) is 5.10 Å². The van der Waals surface area contributed by atoms with E-state index in [1.54, 1.807) is 41.1 Å². The first-order chi connectivity index (χ1) is 13.3. The zero-order chi connectivity index (χ0) is 20.3. The van der Waals surface area contributed by atoms with Gasteiger partial charge in [0.2, 0.25) is 5.91 Å². The summed E-state index contributed by atoms with van der Waals surface area (Å²) in [5.41, 5.74) is 2.99. The Labute approximate surface area is 162 Å². The summed E-state index contributed by atoms with van der Waals surface area (Å²) in [6.07, 6.45) is 1.51. The summed E-state index contributed by atoms with van der Waals surface area (Å²) < 4.78 is 14.9. The van der Waals surface area contributed by atoms with E-state index in [1.807, 2.05) is 13.8 Å². The molecule has 0 spiro atoms. The summed E-state index contributed by atoms with van der Waals surface area (Å²) in [7, 11) is 0. The second kappa shape index (κ2) is 8.04. The van der Waals surface area contributed by atoms with Crippen molar-refractivity contribution < 1.29 is 14.0 Å². The van der Waals surface area contributed by atoms with Gasteiger partial charge in [0.15, 0.2) is 0 Å². The Bertz CT molecular complexity index is 1010. The van der Waals surface area contributed by atoms with Crippen LogP contribution < -0.4 is 10.6 Å². The van der Waals surface area contributed by atoms with E-state index in [0.29, 0.717) is 22.6 Å². The van der Waals surface area contributed by atoms with Crippen LogP contribution in [0, 0.1) is 5.82 Å². The number of hydrogen-bond acceptors (Lipinski definition) is 3. The molecule has 3 aromatic rings. The van der Waals surface area contributed by atoms with Crippen LogP contribution in [0.15, 0.2) is 54.7 Å². The van der Waals surface area contributed by atoms with Crippen molar-refractivity contribution in [2.75, 3.05) is 10.6 Å². The Morgan fingerprint density at radius 1 is 1.04 bits per heavy atom. The van der Waals surface area contributed by atoms with Crippen LogP contribution in [0.1, 0.15) is 42.7 Å². The number of benzene rings is 2. The third kappa shape index (κ3) is 4.25. The molecule has 6 nitrogen and oxygen atoms in total. The average Bonchev–Trinajstić information content (AvgIpc) is 3.07. The summed E-state index contributed by atoms with van der Waals surface area (Å²) >= 11 is 0. The van der Waals surface area contributed by atoms with E-state index < -0.39 is 0 Å². The molecule has 0 aliphatic carbocycles. The molecule has 144 valence electrons. The van der Waals surface area contributed by atoms with Gasteiger partial charge in [-0.15, -0.1) is 0 Å². The van der Waals surface area contributed by atoms with Crippen LogP contribution in [0.25, 0.3) is 5.69 Å². The molecule has 0 aliphatic heterocycles. The third-order valence-corrected chi connectivity index (χ3v) is 4.11. The van der Waals surface area contributed by atoms with Gasteiger partial charge in [0.1, 0.15) is 5.82 Å². The van der Waals surface area contributed by atoms with E-state index >= 15 is 0 Å². The molecular weight excluding hydrogens is 359 g/mol. The van der Waals surface area contributed by atoms with Crippen molar-refractivity contribution in [3.63, 3.8) is 0 Å². The van der Waals surface area contributed by atoms with E-state index in [0.717, 1.165) is 5.69 Å². The second-order valence-corrected chi connectivity index (χ2v) is 6.70. The van der Waals surface area contributed by atoms with Crippen LogP contribution in [0.3, 0.4) is 0 Å². The Balaban J connectivity index is 1.90. The van der Waals surface area contributed by atoms with Crippen molar-refractivity contribution in [1.29, 1.82) is 0 Å². The number of carbonyl (C=O) groups is 2. The molecule has 7 heteroatoms. The fourth-order valence-corrected chi connectivity index (χ4v) is 2.95. The van der Waals surface area contributed by atoms with Crippen molar-refractivity contribution in [2.45, 2.75) is 26.7 Å². The Hall–Kier alpha value is -3.48. The molecule has 2 N–H and O–H groups in total. The summed E-state index contributed by atoms with van der Waals surface area (Å²) in [6.45, 7) is 5.35. The number of hydrogen-bond donors (Lipinski definition) is 2. The largest absolute Gasteiger partial charge is 0.326 e. The van der Waals surface area contributed by atoms with E-state index in [-0.39, 0.29) is 23.5 Å². The number of carbonyl (C=O) groups excluding carboxylic acids is 2. The first-order valence-electron chi connectivity index (χ1n) is 8.88. The first kappa shape index (κ1) is 19.3. The number of halogens is 1. The fraction of sp³-hybridized carbons (Fsp3) is 0.190. The first-order valence-corrected chi connectivity index (χ1v) is 8.88. The molecule has 1 heterocycles. The van der Waals surface area contributed by atoms with Crippen LogP contribution in [0.2, 0.25) is 0 Å². The van der Waals surface area contributed by atoms with Gasteiger partial charge in [-0.25, -0.2) is 9.07 Å². The molecule has 2 amide bonds. The Morgan fingerprint density at radius 3 is 2.29 bits per heavy atom. The second-order valence-electron chi connectivity index (χ2n) is 6.70. The van der Waals surface area contributed by atoms with Gasteiger partial charge in [-0.3, -0.25) is 9.59 Å². The van der Waals surface area contributed by atoms with Gasteiger partial charge in [0.25, 0.3) is 5.91 Å². The molecule has 0 bridgehead atoms. The molecule has 0 aliphatic rings. The molecule has 0 atom stereocenters. The number of aromatic nitrogens is 2. The van der Waals surface area contributed by atoms with E-state index in [4.69, 9.17) is 0 Å². The molecule has 2 aromatic carbocycles. The third-order valence-electron chi connectivity index (χ3n) is 4.11. The summed E-state index contributed by atoms with van der Waals surface area (Å²) in [5.74, 6) is -0.818. The van der Waals surface area contributed by atoms with E-state index in [9.17, 15) is 14.0 Å². The smallest absolute Gasteiger partial charge is 0.259 e. The van der Waals surface area contributed by atoms with Gasteiger partial charge in [0, 0.05) is 18.3 Å². The molecular formula is C21H21FN4O2. The predicted octanol–water partition coefficient (Wildman–Crippen LogP) is 4.35. The number of nitrogens with one attached hydrogen (secondary N) is 2. The topological polar surface area (TPSA) is 76.0 Å².